The van der Waals surface area contributed by atoms with Crippen molar-refractivity contribution in [3.63, 3.8) is 0 Å². The van der Waals surface area contributed by atoms with Crippen LogP contribution in [-0.2, 0) is 15.9 Å². The normalized spacial score (nSPS) is 26.9. The fourth-order valence-electron chi connectivity index (χ4n) is 2.48. The second-order valence-corrected chi connectivity index (χ2v) is 5.51. The zero-order valence-electron chi connectivity index (χ0n) is 11.6. The van der Waals surface area contributed by atoms with Gasteiger partial charge in [0.15, 0.2) is 6.29 Å². The summed E-state index contributed by atoms with van der Waals surface area (Å²) in [7, 11) is 1.67. The summed E-state index contributed by atoms with van der Waals surface area (Å²) in [6.07, 6.45) is 1.80. The molecule has 100 valence electrons. The van der Waals surface area contributed by atoms with Crippen molar-refractivity contribution in [1.82, 2.24) is 0 Å². The van der Waals surface area contributed by atoms with Crippen LogP contribution in [0.2, 0.25) is 0 Å². The fourth-order valence-corrected chi connectivity index (χ4v) is 2.48. The molecule has 0 saturated carbocycles. The first kappa shape index (κ1) is 13.4. The van der Waals surface area contributed by atoms with Gasteiger partial charge in [-0.2, -0.15) is 0 Å². The van der Waals surface area contributed by atoms with E-state index >= 15 is 0 Å². The first-order valence-electron chi connectivity index (χ1n) is 6.45. The van der Waals surface area contributed by atoms with E-state index < -0.39 is 0 Å². The Bertz CT molecular complexity index is 383. The number of benzene rings is 1. The Hall–Kier alpha value is -1.06. The lowest BCUT2D eigenvalue weighted by Crippen LogP contribution is -2.43. The summed E-state index contributed by atoms with van der Waals surface area (Å²) >= 11 is 0. The lowest BCUT2D eigenvalue weighted by Gasteiger charge is -2.39. The van der Waals surface area contributed by atoms with Gasteiger partial charge in [-0.3, -0.25) is 0 Å². The quantitative estimate of drug-likeness (QED) is 0.824. The molecular formula is C15H22O3. The van der Waals surface area contributed by atoms with Crippen molar-refractivity contribution in [2.75, 3.05) is 7.11 Å². The SMILES string of the molecule is COc1ccc(C[C@@H]2O[C@H](C)CC(C)(C)O2)cc1. The van der Waals surface area contributed by atoms with Gasteiger partial charge < -0.3 is 14.2 Å². The van der Waals surface area contributed by atoms with Gasteiger partial charge in [-0.25, -0.2) is 0 Å². The molecule has 1 aromatic carbocycles. The van der Waals surface area contributed by atoms with Crippen LogP contribution in [0.4, 0.5) is 0 Å². The van der Waals surface area contributed by atoms with E-state index in [-0.39, 0.29) is 18.0 Å². The summed E-state index contributed by atoms with van der Waals surface area (Å²) in [6.45, 7) is 6.34. The molecule has 0 radical (unpaired) electrons. The number of hydrogen-bond donors (Lipinski definition) is 0. The molecule has 0 amide bonds. The van der Waals surface area contributed by atoms with Crippen molar-refractivity contribution in [1.29, 1.82) is 0 Å². The van der Waals surface area contributed by atoms with Gasteiger partial charge in [-0.05, 0) is 38.5 Å². The van der Waals surface area contributed by atoms with Gasteiger partial charge in [-0.15, -0.1) is 0 Å². The third kappa shape index (κ3) is 3.47. The molecule has 0 aromatic heterocycles. The first-order valence-corrected chi connectivity index (χ1v) is 6.45. The fraction of sp³-hybridized carbons (Fsp3) is 0.600. The number of hydrogen-bond acceptors (Lipinski definition) is 3. The van der Waals surface area contributed by atoms with Crippen LogP contribution in [0, 0.1) is 0 Å². The van der Waals surface area contributed by atoms with E-state index in [0.29, 0.717) is 0 Å². The van der Waals surface area contributed by atoms with Crippen LogP contribution >= 0.6 is 0 Å². The summed E-state index contributed by atoms with van der Waals surface area (Å²) in [6, 6.07) is 8.04. The van der Waals surface area contributed by atoms with Crippen molar-refractivity contribution in [3.8, 4) is 5.75 Å². The molecule has 0 unspecified atom stereocenters. The van der Waals surface area contributed by atoms with Crippen LogP contribution in [0.3, 0.4) is 0 Å². The maximum absolute atomic E-state index is 5.95. The van der Waals surface area contributed by atoms with Gasteiger partial charge in [0, 0.05) is 12.8 Å². The van der Waals surface area contributed by atoms with Gasteiger partial charge in [0.1, 0.15) is 5.75 Å². The lowest BCUT2D eigenvalue weighted by molar-refractivity contribution is -0.267. The van der Waals surface area contributed by atoms with E-state index in [4.69, 9.17) is 14.2 Å². The highest BCUT2D eigenvalue weighted by atomic mass is 16.7. The monoisotopic (exact) mass is 250 g/mol. The maximum Gasteiger partial charge on any atom is 0.162 e. The highest BCUT2D eigenvalue weighted by molar-refractivity contribution is 5.27. The van der Waals surface area contributed by atoms with Crippen LogP contribution in [-0.4, -0.2) is 25.1 Å². The van der Waals surface area contributed by atoms with Crippen LogP contribution < -0.4 is 4.74 Å². The van der Waals surface area contributed by atoms with E-state index in [2.05, 4.69) is 32.9 Å². The average Bonchev–Trinajstić information content (AvgIpc) is 2.27. The van der Waals surface area contributed by atoms with Crippen LogP contribution in [0.5, 0.6) is 5.75 Å². The van der Waals surface area contributed by atoms with Crippen molar-refractivity contribution < 1.29 is 14.2 Å². The predicted molar refractivity (Wildman–Crippen MR) is 70.8 cm³/mol. The highest BCUT2D eigenvalue weighted by Crippen LogP contribution is 2.29. The molecule has 3 heteroatoms. The second kappa shape index (κ2) is 5.29. The molecule has 1 aliphatic rings. The minimum absolute atomic E-state index is 0.102. The summed E-state index contributed by atoms with van der Waals surface area (Å²) < 4.78 is 16.9. The molecule has 0 aliphatic carbocycles. The van der Waals surface area contributed by atoms with E-state index in [1.165, 1.54) is 5.56 Å². The molecule has 1 heterocycles. The summed E-state index contributed by atoms with van der Waals surface area (Å²) in [5.74, 6) is 0.873. The topological polar surface area (TPSA) is 27.7 Å². The Labute approximate surface area is 109 Å². The molecule has 1 aliphatic heterocycles. The Morgan fingerprint density at radius 3 is 2.50 bits per heavy atom. The van der Waals surface area contributed by atoms with Gasteiger partial charge in [0.25, 0.3) is 0 Å². The third-order valence-electron chi connectivity index (χ3n) is 3.18. The first-order chi connectivity index (χ1) is 8.48. The zero-order chi connectivity index (χ0) is 13.2. The van der Waals surface area contributed by atoms with E-state index in [1.807, 2.05) is 12.1 Å². The third-order valence-corrected chi connectivity index (χ3v) is 3.18. The number of ether oxygens (including phenoxy) is 3. The maximum atomic E-state index is 5.95. The summed E-state index contributed by atoms with van der Waals surface area (Å²) in [4.78, 5) is 0. The van der Waals surface area contributed by atoms with Crippen LogP contribution in [0.25, 0.3) is 0 Å². The lowest BCUT2D eigenvalue weighted by atomic mass is 9.99. The number of rotatable bonds is 3. The van der Waals surface area contributed by atoms with Gasteiger partial charge in [0.05, 0.1) is 18.8 Å². The van der Waals surface area contributed by atoms with Gasteiger partial charge in [-0.1, -0.05) is 12.1 Å². The molecule has 3 nitrogen and oxygen atoms in total. The van der Waals surface area contributed by atoms with Crippen molar-refractivity contribution >= 4 is 0 Å². The largest absolute Gasteiger partial charge is 0.497 e. The molecule has 1 fully saturated rings. The van der Waals surface area contributed by atoms with Crippen molar-refractivity contribution in [2.45, 2.75) is 51.6 Å². The minimum Gasteiger partial charge on any atom is -0.497 e. The Balaban J connectivity index is 1.99. The molecule has 0 bridgehead atoms. The molecule has 1 aromatic rings. The van der Waals surface area contributed by atoms with Gasteiger partial charge in [0.2, 0.25) is 0 Å². The molecule has 2 atom stereocenters. The predicted octanol–water partition coefficient (Wildman–Crippen LogP) is 3.17. The zero-order valence-corrected chi connectivity index (χ0v) is 11.6. The smallest absolute Gasteiger partial charge is 0.162 e. The van der Waals surface area contributed by atoms with Crippen molar-refractivity contribution in [3.05, 3.63) is 29.8 Å². The summed E-state index contributed by atoms with van der Waals surface area (Å²) in [5, 5.41) is 0. The molecule has 0 spiro atoms. The molecule has 1 saturated heterocycles. The van der Waals surface area contributed by atoms with E-state index in [0.717, 1.165) is 18.6 Å². The standard InChI is InChI=1S/C15H22O3/c1-11-10-15(2,3)18-14(17-11)9-12-5-7-13(16-4)8-6-12/h5-8,11,14H,9-10H2,1-4H3/t11-,14-/m1/s1. The minimum atomic E-state index is -0.155. The van der Waals surface area contributed by atoms with E-state index in [9.17, 15) is 0 Å². The number of methoxy groups -OCH3 is 1. The molecule has 0 N–H and O–H groups in total. The second-order valence-electron chi connectivity index (χ2n) is 5.51. The molecule has 18 heavy (non-hydrogen) atoms. The van der Waals surface area contributed by atoms with Gasteiger partial charge >= 0.3 is 0 Å². The molecule has 2 rings (SSSR count). The Morgan fingerprint density at radius 2 is 1.94 bits per heavy atom. The highest BCUT2D eigenvalue weighted by Gasteiger charge is 2.33. The van der Waals surface area contributed by atoms with Crippen molar-refractivity contribution in [2.24, 2.45) is 0 Å². The average molecular weight is 250 g/mol. The van der Waals surface area contributed by atoms with Crippen LogP contribution in [0.15, 0.2) is 24.3 Å². The van der Waals surface area contributed by atoms with E-state index in [1.54, 1.807) is 7.11 Å². The Morgan fingerprint density at radius 1 is 1.28 bits per heavy atom. The molecular weight excluding hydrogens is 228 g/mol. The van der Waals surface area contributed by atoms with Crippen LogP contribution in [0.1, 0.15) is 32.8 Å². The summed E-state index contributed by atoms with van der Waals surface area (Å²) in [5.41, 5.74) is 1.10. The Kier molecular flexibility index (Phi) is 3.93.